The first-order chi connectivity index (χ1) is 12.7. The number of aromatic amines is 1. The van der Waals surface area contributed by atoms with Gasteiger partial charge < -0.3 is 5.32 Å². The van der Waals surface area contributed by atoms with Crippen LogP contribution in [0.2, 0.25) is 0 Å². The summed E-state index contributed by atoms with van der Waals surface area (Å²) in [4.78, 5) is 19.5. The minimum absolute atomic E-state index is 0.0561. The Labute approximate surface area is 156 Å². The Kier molecular flexibility index (Phi) is 4.84. The van der Waals surface area contributed by atoms with Crippen molar-refractivity contribution in [3.05, 3.63) is 68.9 Å². The van der Waals surface area contributed by atoms with E-state index >= 15 is 0 Å². The van der Waals surface area contributed by atoms with Crippen LogP contribution < -0.4 is 5.32 Å². The zero-order valence-electron chi connectivity index (χ0n) is 14.8. The van der Waals surface area contributed by atoms with E-state index in [1.165, 1.54) is 29.7 Å². The fraction of sp³-hybridized carbons (Fsp3) is 0.350. The average Bonchev–Trinajstić information content (AvgIpc) is 3.21. The van der Waals surface area contributed by atoms with Crippen LogP contribution in [0, 0.1) is 6.92 Å². The van der Waals surface area contributed by atoms with E-state index in [1.54, 1.807) is 11.3 Å². The van der Waals surface area contributed by atoms with Gasteiger partial charge in [0.2, 0.25) is 0 Å². The molecular weight excluding hydrogens is 344 g/mol. The van der Waals surface area contributed by atoms with Crippen molar-refractivity contribution in [1.82, 2.24) is 20.5 Å². The van der Waals surface area contributed by atoms with Gasteiger partial charge in [-0.2, -0.15) is 5.10 Å². The molecule has 1 aromatic carbocycles. The Morgan fingerprint density at radius 2 is 2.00 bits per heavy atom. The average molecular weight is 366 g/mol. The Bertz CT molecular complexity index is 876. The van der Waals surface area contributed by atoms with Gasteiger partial charge in [0.15, 0.2) is 5.82 Å². The summed E-state index contributed by atoms with van der Waals surface area (Å²) in [5.74, 6) is 1.26. The van der Waals surface area contributed by atoms with Crippen molar-refractivity contribution in [2.75, 3.05) is 0 Å². The molecule has 1 atom stereocenters. The van der Waals surface area contributed by atoms with Crippen molar-refractivity contribution in [3.8, 4) is 0 Å². The van der Waals surface area contributed by atoms with Gasteiger partial charge in [0, 0.05) is 4.88 Å². The number of H-pyrrole nitrogens is 1. The summed E-state index contributed by atoms with van der Waals surface area (Å²) in [6.07, 6.45) is 5.89. The molecule has 0 saturated heterocycles. The molecule has 26 heavy (non-hydrogen) atoms. The van der Waals surface area contributed by atoms with Gasteiger partial charge in [-0.25, -0.2) is 4.98 Å². The first-order valence-electron chi connectivity index (χ1n) is 9.07. The highest BCUT2D eigenvalue weighted by molar-refractivity contribution is 7.14. The van der Waals surface area contributed by atoms with Gasteiger partial charge in [0.25, 0.3) is 5.91 Å². The lowest BCUT2D eigenvalue weighted by molar-refractivity contribution is 0.0945. The van der Waals surface area contributed by atoms with Crippen molar-refractivity contribution in [3.63, 3.8) is 0 Å². The van der Waals surface area contributed by atoms with Crippen molar-refractivity contribution in [2.24, 2.45) is 0 Å². The maximum absolute atomic E-state index is 12.9. The van der Waals surface area contributed by atoms with E-state index in [0.717, 1.165) is 29.1 Å². The Balaban J connectivity index is 1.60. The molecular formula is C20H22N4OS. The molecule has 0 saturated carbocycles. The summed E-state index contributed by atoms with van der Waals surface area (Å²) in [6, 6.07) is 11.6. The second-order valence-electron chi connectivity index (χ2n) is 6.72. The monoisotopic (exact) mass is 366 g/mol. The zero-order chi connectivity index (χ0) is 17.9. The number of benzene rings is 1. The molecule has 2 N–H and O–H groups in total. The van der Waals surface area contributed by atoms with E-state index in [4.69, 9.17) is 0 Å². The number of hydrogen-bond acceptors (Lipinski definition) is 4. The molecule has 2 aromatic heterocycles. The standard InChI is InChI=1S/C20H22N4OS/c1-13-21-19(24-23-13)18(14-8-4-2-5-9-14)22-20(25)17-12-15-10-6-3-7-11-16(15)26-17/h2,4-5,8-9,12,18H,3,6-7,10-11H2,1H3,(H,22,25)(H,21,23,24). The molecule has 0 bridgehead atoms. The van der Waals surface area contributed by atoms with Crippen LogP contribution in [0.4, 0.5) is 0 Å². The second kappa shape index (κ2) is 7.41. The molecule has 3 aromatic rings. The Morgan fingerprint density at radius 1 is 1.19 bits per heavy atom. The molecule has 5 nitrogen and oxygen atoms in total. The van der Waals surface area contributed by atoms with Crippen LogP contribution in [0.15, 0.2) is 36.4 Å². The number of amides is 1. The molecule has 1 aliphatic rings. The number of fused-ring (bicyclic) bond motifs is 1. The fourth-order valence-electron chi connectivity index (χ4n) is 3.41. The molecule has 1 aliphatic carbocycles. The van der Waals surface area contributed by atoms with E-state index in [9.17, 15) is 4.79 Å². The molecule has 134 valence electrons. The third-order valence-electron chi connectivity index (χ3n) is 4.75. The van der Waals surface area contributed by atoms with Crippen molar-refractivity contribution >= 4 is 17.2 Å². The van der Waals surface area contributed by atoms with E-state index in [0.29, 0.717) is 5.82 Å². The summed E-state index contributed by atoms with van der Waals surface area (Å²) >= 11 is 1.63. The number of aryl methyl sites for hydroxylation is 3. The molecule has 0 aliphatic heterocycles. The molecule has 0 fully saturated rings. The number of rotatable bonds is 4. The highest BCUT2D eigenvalue weighted by Gasteiger charge is 2.23. The summed E-state index contributed by atoms with van der Waals surface area (Å²) < 4.78 is 0. The van der Waals surface area contributed by atoms with Crippen LogP contribution in [0.25, 0.3) is 0 Å². The maximum Gasteiger partial charge on any atom is 0.262 e. The second-order valence-corrected chi connectivity index (χ2v) is 7.85. The van der Waals surface area contributed by atoms with Crippen LogP contribution in [0.3, 0.4) is 0 Å². The predicted octanol–water partition coefficient (Wildman–Crippen LogP) is 3.96. The lowest BCUT2D eigenvalue weighted by Crippen LogP contribution is -2.29. The first-order valence-corrected chi connectivity index (χ1v) is 9.88. The number of carbonyl (C=O) groups is 1. The largest absolute Gasteiger partial charge is 0.337 e. The SMILES string of the molecule is Cc1nc(C(NC(=O)c2cc3c(s2)CCCCC3)c2ccccc2)n[nH]1. The summed E-state index contributed by atoms with van der Waals surface area (Å²) in [7, 11) is 0. The molecule has 1 amide bonds. The van der Waals surface area contributed by atoms with Crippen molar-refractivity contribution < 1.29 is 4.79 Å². The third-order valence-corrected chi connectivity index (χ3v) is 5.99. The number of nitrogens with zero attached hydrogens (tertiary/aromatic N) is 2. The van der Waals surface area contributed by atoms with Gasteiger partial charge in [-0.1, -0.05) is 36.8 Å². The minimum atomic E-state index is -0.365. The number of aromatic nitrogens is 3. The number of carbonyl (C=O) groups excluding carboxylic acids is 1. The van der Waals surface area contributed by atoms with Gasteiger partial charge in [0.05, 0.1) is 4.88 Å². The van der Waals surface area contributed by atoms with Crippen LogP contribution in [-0.2, 0) is 12.8 Å². The minimum Gasteiger partial charge on any atom is -0.337 e. The quantitative estimate of drug-likeness (QED) is 0.687. The highest BCUT2D eigenvalue weighted by atomic mass is 32.1. The molecule has 1 unspecified atom stereocenters. The lowest BCUT2D eigenvalue weighted by atomic mass is 10.1. The summed E-state index contributed by atoms with van der Waals surface area (Å²) in [5, 5.41) is 10.3. The highest BCUT2D eigenvalue weighted by Crippen LogP contribution is 2.29. The van der Waals surface area contributed by atoms with E-state index < -0.39 is 0 Å². The molecule has 4 rings (SSSR count). The first kappa shape index (κ1) is 17.0. The van der Waals surface area contributed by atoms with Crippen LogP contribution in [-0.4, -0.2) is 21.1 Å². The normalized spacial score (nSPS) is 15.1. The van der Waals surface area contributed by atoms with E-state index in [2.05, 4.69) is 26.6 Å². The number of thiophene rings is 1. The predicted molar refractivity (Wildman–Crippen MR) is 102 cm³/mol. The van der Waals surface area contributed by atoms with Gasteiger partial charge in [0.1, 0.15) is 11.9 Å². The molecule has 0 radical (unpaired) electrons. The topological polar surface area (TPSA) is 70.7 Å². The molecule has 6 heteroatoms. The van der Waals surface area contributed by atoms with Crippen molar-refractivity contribution in [1.29, 1.82) is 0 Å². The summed E-state index contributed by atoms with van der Waals surface area (Å²) in [5.41, 5.74) is 2.32. The Morgan fingerprint density at radius 3 is 2.77 bits per heavy atom. The smallest absolute Gasteiger partial charge is 0.262 e. The number of hydrogen-bond donors (Lipinski definition) is 2. The zero-order valence-corrected chi connectivity index (χ0v) is 15.6. The van der Waals surface area contributed by atoms with E-state index in [1.807, 2.05) is 37.3 Å². The van der Waals surface area contributed by atoms with Gasteiger partial charge >= 0.3 is 0 Å². The number of nitrogens with one attached hydrogen (secondary N) is 2. The molecule has 0 spiro atoms. The van der Waals surface area contributed by atoms with Gasteiger partial charge in [-0.3, -0.25) is 9.89 Å². The fourth-order valence-corrected chi connectivity index (χ4v) is 4.57. The van der Waals surface area contributed by atoms with Gasteiger partial charge in [-0.05, 0) is 49.8 Å². The van der Waals surface area contributed by atoms with Crippen LogP contribution >= 0.6 is 11.3 Å². The van der Waals surface area contributed by atoms with Gasteiger partial charge in [-0.15, -0.1) is 11.3 Å². The van der Waals surface area contributed by atoms with E-state index in [-0.39, 0.29) is 11.9 Å². The van der Waals surface area contributed by atoms with Crippen LogP contribution in [0.5, 0.6) is 0 Å². The Hall–Kier alpha value is -2.47. The maximum atomic E-state index is 12.9. The summed E-state index contributed by atoms with van der Waals surface area (Å²) in [6.45, 7) is 1.86. The third kappa shape index (κ3) is 3.55. The molecule has 2 heterocycles. The van der Waals surface area contributed by atoms with Crippen molar-refractivity contribution in [2.45, 2.75) is 45.1 Å². The lowest BCUT2D eigenvalue weighted by Gasteiger charge is -2.15. The van der Waals surface area contributed by atoms with Crippen LogP contribution in [0.1, 0.15) is 62.6 Å².